The summed E-state index contributed by atoms with van der Waals surface area (Å²) in [5.74, 6) is -0.594. The van der Waals surface area contributed by atoms with Crippen molar-refractivity contribution in [3.63, 3.8) is 0 Å². The number of carbonyl (C=O) groups excluding carboxylic acids is 2. The number of phosphoric ester groups is 1. The largest absolute Gasteiger partial charge is 0.472 e. The summed E-state index contributed by atoms with van der Waals surface area (Å²) in [4.78, 5) is 37.6. The molecule has 3 atom stereocenters. The topological polar surface area (TPSA) is 111 Å². The van der Waals surface area contributed by atoms with Gasteiger partial charge in [-0.3, -0.25) is 18.6 Å². The Morgan fingerprint density at radius 2 is 0.853 bits per heavy atom. The van der Waals surface area contributed by atoms with Crippen LogP contribution >= 0.6 is 7.82 Å². The van der Waals surface area contributed by atoms with Crippen LogP contribution in [-0.2, 0) is 27.9 Å². The number of rotatable bonds is 51. The van der Waals surface area contributed by atoms with E-state index in [0.29, 0.717) is 23.9 Å². The van der Waals surface area contributed by atoms with E-state index in [9.17, 15) is 19.0 Å². The van der Waals surface area contributed by atoms with Gasteiger partial charge in [-0.1, -0.05) is 213 Å². The van der Waals surface area contributed by atoms with Crippen LogP contribution < -0.4 is 5.32 Å². The molecule has 0 aromatic carbocycles. The first-order valence-corrected chi connectivity index (χ1v) is 31.0. The number of hydrogen-bond donors (Lipinski definition) is 2. The molecule has 0 aromatic heterocycles. The maximum Gasteiger partial charge on any atom is 0.472 e. The first-order valence-electron chi connectivity index (χ1n) is 29.5. The summed E-state index contributed by atoms with van der Waals surface area (Å²) >= 11 is 0. The second kappa shape index (κ2) is 53.5. The van der Waals surface area contributed by atoms with Crippen molar-refractivity contribution in [2.45, 2.75) is 226 Å². The van der Waals surface area contributed by atoms with E-state index >= 15 is 0 Å². The Labute approximate surface area is 460 Å². The SMILES string of the molecule is CC/C=C\C/C=C\C/C=C\C/C=C\C/C=C\CCCCCC(=O)NC(COP(=O)(O)OCC[N+](C)(C)C)C(/C=C/CCCCCCCCCCC)OC(=O)CCCCC/C=C\C/C=C\C/C=C\C/C=C\C/C=C\CC. The Morgan fingerprint density at radius 1 is 0.480 bits per heavy atom. The van der Waals surface area contributed by atoms with Crippen LogP contribution in [0.4, 0.5) is 0 Å². The number of unbranched alkanes of at least 4 members (excludes halogenated alkanes) is 15. The molecular weight excluding hydrogens is 952 g/mol. The van der Waals surface area contributed by atoms with Crippen molar-refractivity contribution in [3.05, 3.63) is 134 Å². The second-order valence-electron chi connectivity index (χ2n) is 20.4. The third-order valence-electron chi connectivity index (χ3n) is 12.1. The number of esters is 1. The molecule has 0 heterocycles. The third-order valence-corrected chi connectivity index (χ3v) is 13.1. The van der Waals surface area contributed by atoms with E-state index in [4.69, 9.17) is 13.8 Å². The highest BCUT2D eigenvalue weighted by molar-refractivity contribution is 7.47. The quantitative estimate of drug-likeness (QED) is 0.0205. The summed E-state index contributed by atoms with van der Waals surface area (Å²) in [5, 5.41) is 3.02. The van der Waals surface area contributed by atoms with Gasteiger partial charge in [0.25, 0.3) is 0 Å². The highest BCUT2D eigenvalue weighted by atomic mass is 31.2. The van der Waals surface area contributed by atoms with Crippen LogP contribution in [-0.4, -0.2) is 74.3 Å². The molecule has 426 valence electrons. The summed E-state index contributed by atoms with van der Waals surface area (Å²) in [6.45, 7) is 6.70. The molecule has 0 radical (unpaired) electrons. The number of hydrogen-bond acceptors (Lipinski definition) is 6. The number of likely N-dealkylation sites (N-methyl/N-ethyl adjacent to an activating group) is 1. The fourth-order valence-electron chi connectivity index (χ4n) is 7.58. The number of nitrogens with one attached hydrogen (secondary N) is 1. The van der Waals surface area contributed by atoms with Crippen molar-refractivity contribution in [3.8, 4) is 0 Å². The van der Waals surface area contributed by atoms with Crippen molar-refractivity contribution in [1.29, 1.82) is 0 Å². The lowest BCUT2D eigenvalue weighted by Crippen LogP contribution is -2.47. The summed E-state index contributed by atoms with van der Waals surface area (Å²) in [5.41, 5.74) is 0. The number of amides is 1. The minimum absolute atomic E-state index is 0.0199. The van der Waals surface area contributed by atoms with E-state index in [1.807, 2.05) is 33.3 Å². The lowest BCUT2D eigenvalue weighted by molar-refractivity contribution is -0.870. The van der Waals surface area contributed by atoms with Crippen LogP contribution in [0, 0.1) is 0 Å². The van der Waals surface area contributed by atoms with Gasteiger partial charge in [0.05, 0.1) is 33.8 Å². The summed E-state index contributed by atoms with van der Waals surface area (Å²) in [6.07, 6.45) is 75.9. The van der Waals surface area contributed by atoms with Crippen molar-refractivity contribution >= 4 is 19.7 Å². The average molecular weight is 1060 g/mol. The van der Waals surface area contributed by atoms with Crippen LogP contribution in [0.25, 0.3) is 0 Å². The molecule has 0 fully saturated rings. The van der Waals surface area contributed by atoms with Crippen LogP contribution in [0.1, 0.15) is 213 Å². The Hall–Kier alpha value is -3.85. The number of phosphoric acid groups is 1. The first-order chi connectivity index (χ1) is 36.4. The maximum atomic E-state index is 13.5. The zero-order valence-electron chi connectivity index (χ0n) is 48.5. The normalized spacial score (nSPS) is 14.7. The molecule has 1 amide bonds. The Kier molecular flexibility index (Phi) is 50.8. The van der Waals surface area contributed by atoms with Gasteiger partial charge in [-0.05, 0) is 122 Å². The minimum atomic E-state index is -4.47. The van der Waals surface area contributed by atoms with Gasteiger partial charge in [0.1, 0.15) is 19.3 Å². The van der Waals surface area contributed by atoms with E-state index in [2.05, 4.69) is 148 Å². The molecule has 10 heteroatoms. The predicted molar refractivity (Wildman–Crippen MR) is 323 cm³/mol. The van der Waals surface area contributed by atoms with Crippen molar-refractivity contribution in [1.82, 2.24) is 5.32 Å². The first kappa shape index (κ1) is 71.2. The Morgan fingerprint density at radius 3 is 1.28 bits per heavy atom. The van der Waals surface area contributed by atoms with Crippen molar-refractivity contribution < 1.29 is 37.3 Å². The van der Waals surface area contributed by atoms with Gasteiger partial charge in [-0.15, -0.1) is 0 Å². The summed E-state index contributed by atoms with van der Waals surface area (Å²) in [7, 11) is 1.43. The summed E-state index contributed by atoms with van der Waals surface area (Å²) in [6, 6.07) is -0.889. The zero-order chi connectivity index (χ0) is 55.0. The molecule has 2 N–H and O–H groups in total. The lowest BCUT2D eigenvalue weighted by Gasteiger charge is -2.27. The van der Waals surface area contributed by atoms with Crippen LogP contribution in [0.15, 0.2) is 134 Å². The monoisotopic (exact) mass is 1060 g/mol. The number of ether oxygens (including phenoxy) is 1. The molecule has 0 aliphatic carbocycles. The number of allylic oxidation sites excluding steroid dienone is 21. The number of nitrogens with zero attached hydrogens (tertiary/aromatic N) is 1. The molecule has 0 spiro atoms. The molecule has 0 saturated heterocycles. The van der Waals surface area contributed by atoms with Crippen molar-refractivity contribution in [2.24, 2.45) is 0 Å². The van der Waals surface area contributed by atoms with Crippen LogP contribution in [0.5, 0.6) is 0 Å². The third kappa shape index (κ3) is 54.7. The highest BCUT2D eigenvalue weighted by Crippen LogP contribution is 2.43. The lowest BCUT2D eigenvalue weighted by atomic mass is 10.1. The highest BCUT2D eigenvalue weighted by Gasteiger charge is 2.30. The summed E-state index contributed by atoms with van der Waals surface area (Å²) < 4.78 is 30.6. The van der Waals surface area contributed by atoms with E-state index in [1.165, 1.54) is 44.9 Å². The number of quaternary nitrogens is 1. The van der Waals surface area contributed by atoms with Crippen LogP contribution in [0.3, 0.4) is 0 Å². The molecule has 75 heavy (non-hydrogen) atoms. The van der Waals surface area contributed by atoms with E-state index < -0.39 is 20.0 Å². The Bertz CT molecular complexity index is 1740. The fourth-order valence-corrected chi connectivity index (χ4v) is 8.31. The molecule has 0 aromatic rings. The standard InChI is InChI=1S/C65H109N2O7P/c1-7-10-13-16-19-22-25-27-29-31-33-35-37-39-42-45-48-51-54-57-64(68)66-62(61-73-75(70,71)72-60-59-67(4,5)6)63(56-53-50-47-44-41-24-21-18-15-12-9-3)74-65(69)58-55-52-49-46-43-40-38-36-34-32-30-28-26-23-20-17-14-11-8-2/h10-11,13-14,19-20,22-23,27-30,33-36,39-40,42-43,53,56,62-63H,7-9,12,15-18,21,24-26,31-32,37-38,41,44-52,54-55,57-61H2,1-6H3,(H-,66,68,70,71)/p+1/b13-10-,14-11-,22-19-,23-20-,29-27-,30-28-,35-33-,36-34-,42-39-,43-40-,56-53+. The fraction of sp³-hybridized carbons (Fsp3) is 0.631. The van der Waals surface area contributed by atoms with Crippen molar-refractivity contribution in [2.75, 3.05) is 40.9 Å². The van der Waals surface area contributed by atoms with Gasteiger partial charge < -0.3 is 19.4 Å². The molecule has 9 nitrogen and oxygen atoms in total. The van der Waals surface area contributed by atoms with E-state index in [1.54, 1.807) is 0 Å². The molecule has 0 bridgehead atoms. The van der Waals surface area contributed by atoms with Gasteiger partial charge in [0, 0.05) is 12.8 Å². The van der Waals surface area contributed by atoms with E-state index in [0.717, 1.165) is 122 Å². The Balaban J connectivity index is 5.42. The van der Waals surface area contributed by atoms with Crippen LogP contribution in [0.2, 0.25) is 0 Å². The molecule has 3 unspecified atom stereocenters. The predicted octanol–water partition coefficient (Wildman–Crippen LogP) is 18.1. The molecular formula is C65H110N2O7P+. The van der Waals surface area contributed by atoms with E-state index in [-0.39, 0.29) is 37.9 Å². The molecule has 0 saturated carbocycles. The number of carbonyl (C=O) groups is 2. The zero-order valence-corrected chi connectivity index (χ0v) is 49.4. The smallest absolute Gasteiger partial charge is 0.456 e. The molecule has 0 rings (SSSR count). The van der Waals surface area contributed by atoms with Gasteiger partial charge in [-0.25, -0.2) is 4.57 Å². The van der Waals surface area contributed by atoms with Gasteiger partial charge in [0.2, 0.25) is 5.91 Å². The molecule has 0 aliphatic heterocycles. The van der Waals surface area contributed by atoms with Gasteiger partial charge in [-0.2, -0.15) is 0 Å². The van der Waals surface area contributed by atoms with Gasteiger partial charge in [0.15, 0.2) is 0 Å². The molecule has 0 aliphatic rings. The maximum absolute atomic E-state index is 13.5. The average Bonchev–Trinajstić information content (AvgIpc) is 3.37. The minimum Gasteiger partial charge on any atom is -0.456 e. The van der Waals surface area contributed by atoms with Gasteiger partial charge >= 0.3 is 13.8 Å². The second-order valence-corrected chi connectivity index (χ2v) is 21.9.